The van der Waals surface area contributed by atoms with Crippen LogP contribution in [-0.2, 0) is 0 Å². The number of hydrogen-bond donors (Lipinski definition) is 0. The van der Waals surface area contributed by atoms with Crippen molar-refractivity contribution in [3.05, 3.63) is 58.2 Å². The van der Waals surface area contributed by atoms with Crippen LogP contribution in [-0.4, -0.2) is 35.0 Å². The number of halogens is 1. The van der Waals surface area contributed by atoms with Crippen LogP contribution >= 0.6 is 15.9 Å². The lowest BCUT2D eigenvalue weighted by atomic mass is 10.1. The Hall–Kier alpha value is -2.39. The molecule has 1 fully saturated rings. The topological polar surface area (TPSA) is 66.2 Å². The van der Waals surface area contributed by atoms with E-state index in [4.69, 9.17) is 10.00 Å². The number of carbonyl (C=O) groups is 1. The monoisotopic (exact) mass is 357 g/mol. The van der Waals surface area contributed by atoms with Crippen LogP contribution in [0.3, 0.4) is 0 Å². The highest BCUT2D eigenvalue weighted by Crippen LogP contribution is 2.20. The number of hydrogen-bond acceptors (Lipinski definition) is 4. The van der Waals surface area contributed by atoms with E-state index in [-0.39, 0.29) is 12.0 Å². The van der Waals surface area contributed by atoms with E-state index in [1.165, 1.54) is 6.20 Å². The zero-order valence-electron chi connectivity index (χ0n) is 11.6. The number of ether oxygens (including phenoxy) is 1. The third-order valence-corrected chi connectivity index (χ3v) is 3.85. The molecule has 5 nitrogen and oxygen atoms in total. The van der Waals surface area contributed by atoms with Gasteiger partial charge in [-0.15, -0.1) is 0 Å². The van der Waals surface area contributed by atoms with Crippen LogP contribution in [0.25, 0.3) is 0 Å². The van der Waals surface area contributed by atoms with E-state index in [0.29, 0.717) is 30.1 Å². The number of nitriles is 1. The van der Waals surface area contributed by atoms with E-state index in [9.17, 15) is 4.79 Å². The number of amides is 1. The number of nitrogens with zero attached hydrogens (tertiary/aromatic N) is 3. The fourth-order valence-corrected chi connectivity index (χ4v) is 2.60. The Kier molecular flexibility index (Phi) is 4.07. The summed E-state index contributed by atoms with van der Waals surface area (Å²) in [6, 6.07) is 12.6. The largest absolute Gasteiger partial charge is 0.471 e. The van der Waals surface area contributed by atoms with Gasteiger partial charge in [-0.25, -0.2) is 4.98 Å². The molecule has 0 saturated carbocycles. The maximum Gasteiger partial charge on any atom is 0.254 e. The predicted molar refractivity (Wildman–Crippen MR) is 83.4 cm³/mol. The third kappa shape index (κ3) is 3.10. The summed E-state index contributed by atoms with van der Waals surface area (Å²) < 4.78 is 6.55. The zero-order chi connectivity index (χ0) is 15.5. The maximum absolute atomic E-state index is 12.3. The number of benzene rings is 1. The molecule has 0 atom stereocenters. The lowest BCUT2D eigenvalue weighted by molar-refractivity contribution is 0.0160. The molecule has 0 unspecified atom stereocenters. The van der Waals surface area contributed by atoms with Gasteiger partial charge in [0.1, 0.15) is 6.10 Å². The Morgan fingerprint density at radius 2 is 2.18 bits per heavy atom. The Morgan fingerprint density at radius 1 is 1.36 bits per heavy atom. The molecule has 22 heavy (non-hydrogen) atoms. The van der Waals surface area contributed by atoms with Crippen molar-refractivity contribution in [2.75, 3.05) is 13.1 Å². The van der Waals surface area contributed by atoms with Crippen LogP contribution in [0.4, 0.5) is 0 Å². The smallest absolute Gasteiger partial charge is 0.254 e. The highest BCUT2D eigenvalue weighted by molar-refractivity contribution is 9.10. The van der Waals surface area contributed by atoms with Crippen LogP contribution in [0.5, 0.6) is 5.88 Å². The summed E-state index contributed by atoms with van der Waals surface area (Å²) in [7, 11) is 0. The predicted octanol–water partition coefficient (Wildman–Crippen LogP) is 2.62. The van der Waals surface area contributed by atoms with Gasteiger partial charge in [-0.3, -0.25) is 4.79 Å². The van der Waals surface area contributed by atoms with Crippen molar-refractivity contribution in [3.8, 4) is 11.9 Å². The van der Waals surface area contributed by atoms with Crippen molar-refractivity contribution in [2.45, 2.75) is 6.10 Å². The van der Waals surface area contributed by atoms with Gasteiger partial charge >= 0.3 is 0 Å². The molecule has 0 radical (unpaired) electrons. The average Bonchev–Trinajstić information content (AvgIpc) is 2.50. The van der Waals surface area contributed by atoms with E-state index in [1.54, 1.807) is 29.2 Å². The van der Waals surface area contributed by atoms with Gasteiger partial charge in [0, 0.05) is 22.3 Å². The minimum Gasteiger partial charge on any atom is -0.471 e. The minimum absolute atomic E-state index is 0.0140. The van der Waals surface area contributed by atoms with Gasteiger partial charge in [-0.2, -0.15) is 5.26 Å². The molecule has 0 aliphatic carbocycles. The first-order chi connectivity index (χ1) is 10.7. The fourth-order valence-electron chi connectivity index (χ4n) is 2.20. The maximum atomic E-state index is 12.3. The molecule has 1 aromatic heterocycles. The summed E-state index contributed by atoms with van der Waals surface area (Å²) in [6.45, 7) is 1.04. The zero-order valence-corrected chi connectivity index (χ0v) is 13.2. The molecule has 1 aliphatic rings. The number of pyridine rings is 1. The standard InChI is InChI=1S/C16H12BrN3O2/c17-13-3-1-2-12(7-13)16(21)20-9-14(10-20)22-15-6-11(8-18)4-5-19-15/h1-7,14H,9-10H2. The van der Waals surface area contributed by atoms with Gasteiger partial charge in [-0.05, 0) is 24.3 Å². The second-order valence-corrected chi connectivity index (χ2v) is 5.87. The van der Waals surface area contributed by atoms with Crippen LogP contribution in [0, 0.1) is 11.3 Å². The number of likely N-dealkylation sites (tertiary alicyclic amines) is 1. The Morgan fingerprint density at radius 3 is 2.91 bits per heavy atom. The number of aromatic nitrogens is 1. The summed E-state index contributed by atoms with van der Waals surface area (Å²) in [5.74, 6) is 0.401. The molecule has 3 rings (SSSR count). The lowest BCUT2D eigenvalue weighted by Gasteiger charge is -2.38. The molecular formula is C16H12BrN3O2. The Bertz CT molecular complexity index is 751. The van der Waals surface area contributed by atoms with E-state index >= 15 is 0 Å². The van der Waals surface area contributed by atoms with E-state index in [2.05, 4.69) is 20.9 Å². The van der Waals surface area contributed by atoms with Crippen LogP contribution < -0.4 is 4.74 Å². The lowest BCUT2D eigenvalue weighted by Crippen LogP contribution is -2.56. The molecule has 0 bridgehead atoms. The summed E-state index contributed by atoms with van der Waals surface area (Å²) >= 11 is 3.36. The van der Waals surface area contributed by atoms with Gasteiger partial charge in [0.2, 0.25) is 5.88 Å². The van der Waals surface area contributed by atoms with Crippen molar-refractivity contribution in [2.24, 2.45) is 0 Å². The molecule has 0 spiro atoms. The minimum atomic E-state index is -0.0856. The molecule has 0 N–H and O–H groups in total. The second-order valence-electron chi connectivity index (χ2n) is 4.95. The quantitative estimate of drug-likeness (QED) is 0.846. The molecule has 1 saturated heterocycles. The number of carbonyl (C=O) groups excluding carboxylic acids is 1. The van der Waals surface area contributed by atoms with E-state index in [1.807, 2.05) is 18.2 Å². The van der Waals surface area contributed by atoms with Crippen molar-refractivity contribution in [3.63, 3.8) is 0 Å². The Labute approximate surface area is 136 Å². The van der Waals surface area contributed by atoms with Gasteiger partial charge in [0.25, 0.3) is 5.91 Å². The molecular weight excluding hydrogens is 346 g/mol. The van der Waals surface area contributed by atoms with Crippen LogP contribution in [0.1, 0.15) is 15.9 Å². The second kappa shape index (κ2) is 6.16. The van der Waals surface area contributed by atoms with Gasteiger partial charge in [0.15, 0.2) is 0 Å². The molecule has 110 valence electrons. The van der Waals surface area contributed by atoms with Crippen molar-refractivity contribution < 1.29 is 9.53 Å². The van der Waals surface area contributed by atoms with Crippen LogP contribution in [0.15, 0.2) is 47.1 Å². The molecule has 1 aromatic carbocycles. The first-order valence-corrected chi connectivity index (χ1v) is 7.52. The summed E-state index contributed by atoms with van der Waals surface area (Å²) in [6.07, 6.45) is 1.45. The summed E-state index contributed by atoms with van der Waals surface area (Å²) in [5, 5.41) is 8.84. The molecule has 2 aromatic rings. The number of rotatable bonds is 3. The van der Waals surface area contributed by atoms with E-state index < -0.39 is 0 Å². The van der Waals surface area contributed by atoms with Crippen molar-refractivity contribution >= 4 is 21.8 Å². The van der Waals surface area contributed by atoms with E-state index in [0.717, 1.165) is 4.47 Å². The third-order valence-electron chi connectivity index (χ3n) is 3.36. The highest BCUT2D eigenvalue weighted by atomic mass is 79.9. The van der Waals surface area contributed by atoms with Gasteiger partial charge in [0.05, 0.1) is 24.7 Å². The first kappa shape index (κ1) is 14.5. The average molecular weight is 358 g/mol. The first-order valence-electron chi connectivity index (χ1n) is 6.73. The molecule has 1 aliphatic heterocycles. The van der Waals surface area contributed by atoms with Crippen molar-refractivity contribution in [1.29, 1.82) is 5.26 Å². The molecule has 6 heteroatoms. The van der Waals surface area contributed by atoms with Crippen LogP contribution in [0.2, 0.25) is 0 Å². The van der Waals surface area contributed by atoms with Gasteiger partial charge < -0.3 is 9.64 Å². The summed E-state index contributed by atoms with van der Waals surface area (Å²) in [5.41, 5.74) is 1.16. The molecule has 2 heterocycles. The van der Waals surface area contributed by atoms with Gasteiger partial charge in [-0.1, -0.05) is 22.0 Å². The Balaban J connectivity index is 1.58. The summed E-state index contributed by atoms with van der Waals surface area (Å²) in [4.78, 5) is 18.1. The van der Waals surface area contributed by atoms with Crippen molar-refractivity contribution in [1.82, 2.24) is 9.88 Å². The highest BCUT2D eigenvalue weighted by Gasteiger charge is 2.33. The normalized spacial score (nSPS) is 14.1. The SMILES string of the molecule is N#Cc1ccnc(OC2CN(C(=O)c3cccc(Br)c3)C2)c1. The molecule has 1 amide bonds. The fraction of sp³-hybridized carbons (Fsp3) is 0.188.